The Bertz CT molecular complexity index is 580. The van der Waals surface area contributed by atoms with Gasteiger partial charge in [-0.3, -0.25) is 9.59 Å². The van der Waals surface area contributed by atoms with Gasteiger partial charge >= 0.3 is 5.97 Å². The zero-order chi connectivity index (χ0) is 18.1. The second-order valence-corrected chi connectivity index (χ2v) is 5.87. The van der Waals surface area contributed by atoms with Crippen LogP contribution in [0.15, 0.2) is 30.3 Å². The number of hydrogen-bond acceptors (Lipinski definition) is 4. The number of carbonyl (C=O) groups is 2. The molecule has 0 saturated carbocycles. The fraction of sp³-hybridized carbons (Fsp3) is 0.474. The summed E-state index contributed by atoms with van der Waals surface area (Å²) in [6.07, 6.45) is 3.37. The number of amides is 1. The minimum atomic E-state index is -0.352. The fourth-order valence-electron chi connectivity index (χ4n) is 2.22. The molecule has 1 atom stereocenters. The van der Waals surface area contributed by atoms with Crippen molar-refractivity contribution < 1.29 is 19.1 Å². The number of esters is 1. The van der Waals surface area contributed by atoms with Crippen molar-refractivity contribution in [3.05, 3.63) is 35.9 Å². The molecule has 1 unspecified atom stereocenters. The smallest absolute Gasteiger partial charge is 0.310 e. The highest BCUT2D eigenvalue weighted by atomic mass is 16.5. The van der Waals surface area contributed by atoms with Crippen LogP contribution < -0.4 is 4.74 Å². The first-order chi connectivity index (χ1) is 11.4. The monoisotopic (exact) mass is 333 g/mol. The summed E-state index contributed by atoms with van der Waals surface area (Å²) in [7, 11) is 1.35. The number of benzene rings is 1. The molecule has 0 saturated heterocycles. The third-order valence-electron chi connectivity index (χ3n) is 3.44. The van der Waals surface area contributed by atoms with Gasteiger partial charge in [0.1, 0.15) is 5.75 Å². The van der Waals surface area contributed by atoms with Gasteiger partial charge < -0.3 is 14.4 Å². The summed E-state index contributed by atoms with van der Waals surface area (Å²) in [6.45, 7) is 8.43. The Labute approximate surface area is 144 Å². The molecule has 0 heterocycles. The van der Waals surface area contributed by atoms with Crippen molar-refractivity contribution in [1.82, 2.24) is 4.90 Å². The SMILES string of the molecule is CCN(CC(C)C(=O)OC)C(=O)/C=C/c1cccc(OC(C)C)c1. The Hall–Kier alpha value is -2.30. The van der Waals surface area contributed by atoms with E-state index in [1.54, 1.807) is 17.9 Å². The van der Waals surface area contributed by atoms with E-state index in [-0.39, 0.29) is 23.9 Å². The second-order valence-electron chi connectivity index (χ2n) is 5.87. The maximum atomic E-state index is 12.3. The van der Waals surface area contributed by atoms with Crippen LogP contribution in [0, 0.1) is 5.92 Å². The van der Waals surface area contributed by atoms with E-state index >= 15 is 0 Å². The molecule has 0 aromatic heterocycles. The van der Waals surface area contributed by atoms with Gasteiger partial charge in [0, 0.05) is 19.2 Å². The van der Waals surface area contributed by atoms with Crippen LogP contribution in [0.2, 0.25) is 0 Å². The topological polar surface area (TPSA) is 55.8 Å². The van der Waals surface area contributed by atoms with Crippen LogP contribution in [-0.2, 0) is 14.3 Å². The largest absolute Gasteiger partial charge is 0.491 e. The average Bonchev–Trinajstić information content (AvgIpc) is 2.56. The molecule has 1 aromatic carbocycles. The van der Waals surface area contributed by atoms with Crippen LogP contribution in [0.4, 0.5) is 0 Å². The maximum Gasteiger partial charge on any atom is 0.310 e. The van der Waals surface area contributed by atoms with Crippen molar-refractivity contribution in [2.45, 2.75) is 33.8 Å². The number of likely N-dealkylation sites (N-methyl/N-ethyl adjacent to an activating group) is 1. The van der Waals surface area contributed by atoms with Gasteiger partial charge in [-0.05, 0) is 44.5 Å². The van der Waals surface area contributed by atoms with E-state index < -0.39 is 0 Å². The van der Waals surface area contributed by atoms with E-state index in [1.807, 2.05) is 45.0 Å². The molecule has 0 aliphatic heterocycles. The molecule has 0 fully saturated rings. The van der Waals surface area contributed by atoms with Crippen LogP contribution in [-0.4, -0.2) is 43.1 Å². The van der Waals surface area contributed by atoms with E-state index in [4.69, 9.17) is 9.47 Å². The zero-order valence-electron chi connectivity index (χ0n) is 15.1. The van der Waals surface area contributed by atoms with Gasteiger partial charge in [0.2, 0.25) is 5.91 Å². The lowest BCUT2D eigenvalue weighted by molar-refractivity contribution is -0.146. The number of hydrogen-bond donors (Lipinski definition) is 0. The first-order valence-corrected chi connectivity index (χ1v) is 8.18. The maximum absolute atomic E-state index is 12.3. The van der Waals surface area contributed by atoms with Crippen LogP contribution >= 0.6 is 0 Å². The lowest BCUT2D eigenvalue weighted by Gasteiger charge is -2.22. The standard InChI is InChI=1S/C19H27NO4/c1-6-20(13-15(4)19(22)23-5)18(21)11-10-16-8-7-9-17(12-16)24-14(2)3/h7-12,14-15H,6,13H2,1-5H3/b11-10+. The number of rotatable bonds is 8. The highest BCUT2D eigenvalue weighted by Crippen LogP contribution is 2.16. The Morgan fingerprint density at radius 3 is 2.54 bits per heavy atom. The van der Waals surface area contributed by atoms with Crippen LogP contribution in [0.1, 0.15) is 33.3 Å². The van der Waals surface area contributed by atoms with E-state index in [2.05, 4.69) is 0 Å². The van der Waals surface area contributed by atoms with Gasteiger partial charge in [-0.2, -0.15) is 0 Å². The summed E-state index contributed by atoms with van der Waals surface area (Å²) in [5.41, 5.74) is 0.888. The molecule has 0 aliphatic rings. The highest BCUT2D eigenvalue weighted by molar-refractivity contribution is 5.92. The van der Waals surface area contributed by atoms with E-state index in [1.165, 1.54) is 13.2 Å². The molecule has 0 radical (unpaired) electrons. The average molecular weight is 333 g/mol. The molecule has 24 heavy (non-hydrogen) atoms. The molecular formula is C19H27NO4. The predicted molar refractivity (Wildman–Crippen MR) is 94.7 cm³/mol. The van der Waals surface area contributed by atoms with Crippen LogP contribution in [0.5, 0.6) is 5.75 Å². The van der Waals surface area contributed by atoms with Crippen LogP contribution in [0.25, 0.3) is 6.08 Å². The number of ether oxygens (including phenoxy) is 2. The van der Waals surface area contributed by atoms with E-state index in [9.17, 15) is 9.59 Å². The minimum Gasteiger partial charge on any atom is -0.491 e. The van der Waals surface area contributed by atoms with Crippen molar-refractivity contribution in [2.75, 3.05) is 20.2 Å². The molecule has 5 nitrogen and oxygen atoms in total. The van der Waals surface area contributed by atoms with Crippen molar-refractivity contribution >= 4 is 18.0 Å². The molecule has 0 N–H and O–H groups in total. The molecule has 0 bridgehead atoms. The van der Waals surface area contributed by atoms with Crippen molar-refractivity contribution in [3.63, 3.8) is 0 Å². The zero-order valence-corrected chi connectivity index (χ0v) is 15.1. The number of carbonyl (C=O) groups excluding carboxylic acids is 2. The second kappa shape index (κ2) is 9.75. The third kappa shape index (κ3) is 6.44. The Morgan fingerprint density at radius 1 is 1.25 bits per heavy atom. The van der Waals surface area contributed by atoms with Gasteiger partial charge in [0.05, 0.1) is 19.1 Å². The summed E-state index contributed by atoms with van der Waals surface area (Å²) in [6, 6.07) is 7.57. The van der Waals surface area contributed by atoms with Gasteiger partial charge in [-0.25, -0.2) is 0 Å². The Morgan fingerprint density at radius 2 is 1.96 bits per heavy atom. The normalized spacial score (nSPS) is 12.2. The van der Waals surface area contributed by atoms with E-state index in [0.29, 0.717) is 13.1 Å². The lowest BCUT2D eigenvalue weighted by Crippen LogP contribution is -2.36. The molecule has 0 spiro atoms. The first-order valence-electron chi connectivity index (χ1n) is 8.18. The van der Waals surface area contributed by atoms with Crippen molar-refractivity contribution in [2.24, 2.45) is 5.92 Å². The van der Waals surface area contributed by atoms with Gasteiger partial charge in [0.15, 0.2) is 0 Å². The van der Waals surface area contributed by atoms with Gasteiger partial charge in [-0.15, -0.1) is 0 Å². The van der Waals surface area contributed by atoms with Gasteiger partial charge in [0.25, 0.3) is 0 Å². The summed E-state index contributed by atoms with van der Waals surface area (Å²) in [5.74, 6) is -0.0338. The first kappa shape index (κ1) is 19.7. The molecule has 1 rings (SSSR count). The highest BCUT2D eigenvalue weighted by Gasteiger charge is 2.18. The molecule has 0 aliphatic carbocycles. The number of methoxy groups -OCH3 is 1. The van der Waals surface area contributed by atoms with Crippen LogP contribution in [0.3, 0.4) is 0 Å². The lowest BCUT2D eigenvalue weighted by atomic mass is 10.1. The quantitative estimate of drug-likeness (QED) is 0.542. The molecular weight excluding hydrogens is 306 g/mol. The van der Waals surface area contributed by atoms with Gasteiger partial charge in [-0.1, -0.05) is 19.1 Å². The summed E-state index contributed by atoms with van der Waals surface area (Å²) in [4.78, 5) is 25.4. The summed E-state index contributed by atoms with van der Waals surface area (Å²) >= 11 is 0. The molecule has 1 amide bonds. The molecule has 132 valence electrons. The third-order valence-corrected chi connectivity index (χ3v) is 3.44. The molecule has 1 aromatic rings. The predicted octanol–water partition coefficient (Wildman–Crippen LogP) is 3.14. The summed E-state index contributed by atoms with van der Waals surface area (Å²) in [5, 5.41) is 0. The molecule has 5 heteroatoms. The number of nitrogens with zero attached hydrogens (tertiary/aromatic N) is 1. The van der Waals surface area contributed by atoms with Crippen molar-refractivity contribution in [1.29, 1.82) is 0 Å². The van der Waals surface area contributed by atoms with Crippen molar-refractivity contribution in [3.8, 4) is 5.75 Å². The fourth-order valence-corrected chi connectivity index (χ4v) is 2.22. The summed E-state index contributed by atoms with van der Waals surface area (Å²) < 4.78 is 10.3. The Kier molecular flexibility index (Phi) is 8.02. The minimum absolute atomic E-state index is 0.0984. The van der Waals surface area contributed by atoms with E-state index in [0.717, 1.165) is 11.3 Å². The Balaban J connectivity index is 2.73.